The smallest absolute Gasteiger partial charge is 0.257 e. The Morgan fingerprint density at radius 2 is 1.90 bits per heavy atom. The SMILES string of the molecule is CC#CCN1C(=O)CCC1C(=O)NN1CCCCCCC1. The van der Waals surface area contributed by atoms with Crippen LogP contribution in [0, 0.1) is 11.8 Å². The number of amides is 2. The standard InChI is InChI=1S/C16H25N3O2/c1-2-3-13-19-14(9-10-15(19)20)16(21)17-18-11-7-5-4-6-8-12-18/h14H,4-13H2,1H3,(H,17,21). The molecule has 1 unspecified atom stereocenters. The maximum atomic E-state index is 12.4. The van der Waals surface area contributed by atoms with Crippen LogP contribution >= 0.6 is 0 Å². The van der Waals surface area contributed by atoms with Crippen molar-refractivity contribution in [1.82, 2.24) is 15.3 Å². The van der Waals surface area contributed by atoms with Crippen molar-refractivity contribution in [1.29, 1.82) is 0 Å². The molecule has 0 aliphatic carbocycles. The lowest BCUT2D eigenvalue weighted by atomic mass is 10.1. The summed E-state index contributed by atoms with van der Waals surface area (Å²) in [6.07, 6.45) is 7.04. The van der Waals surface area contributed by atoms with Crippen molar-refractivity contribution >= 4 is 11.8 Å². The number of nitrogens with one attached hydrogen (secondary N) is 1. The van der Waals surface area contributed by atoms with E-state index in [0.29, 0.717) is 19.4 Å². The van der Waals surface area contributed by atoms with Crippen LogP contribution in [-0.2, 0) is 9.59 Å². The minimum absolute atomic E-state index is 0.0329. The van der Waals surface area contributed by atoms with Crippen LogP contribution in [0.3, 0.4) is 0 Å². The molecule has 2 aliphatic heterocycles. The van der Waals surface area contributed by atoms with Crippen molar-refractivity contribution in [2.24, 2.45) is 0 Å². The highest BCUT2D eigenvalue weighted by Gasteiger charge is 2.36. The van der Waals surface area contributed by atoms with E-state index in [0.717, 1.165) is 25.9 Å². The van der Waals surface area contributed by atoms with E-state index in [-0.39, 0.29) is 17.9 Å². The fraction of sp³-hybridized carbons (Fsp3) is 0.750. The van der Waals surface area contributed by atoms with E-state index < -0.39 is 0 Å². The summed E-state index contributed by atoms with van der Waals surface area (Å²) in [6, 6.07) is -0.358. The van der Waals surface area contributed by atoms with Gasteiger partial charge >= 0.3 is 0 Å². The Kier molecular flexibility index (Phi) is 6.06. The monoisotopic (exact) mass is 291 g/mol. The van der Waals surface area contributed by atoms with Crippen molar-refractivity contribution in [3.8, 4) is 11.8 Å². The van der Waals surface area contributed by atoms with E-state index in [4.69, 9.17) is 0 Å². The molecule has 5 nitrogen and oxygen atoms in total. The van der Waals surface area contributed by atoms with Gasteiger partial charge in [0.2, 0.25) is 5.91 Å². The molecule has 0 aromatic carbocycles. The zero-order chi connectivity index (χ0) is 15.1. The molecule has 2 fully saturated rings. The average Bonchev–Trinajstić information content (AvgIpc) is 2.80. The minimum atomic E-state index is -0.358. The molecule has 2 aliphatic rings. The van der Waals surface area contributed by atoms with Crippen LogP contribution in [0.2, 0.25) is 0 Å². The summed E-state index contributed by atoms with van der Waals surface area (Å²) in [6.45, 7) is 3.91. The summed E-state index contributed by atoms with van der Waals surface area (Å²) in [4.78, 5) is 25.9. The van der Waals surface area contributed by atoms with Gasteiger partial charge in [0.15, 0.2) is 0 Å². The van der Waals surface area contributed by atoms with Crippen molar-refractivity contribution in [3.05, 3.63) is 0 Å². The Morgan fingerprint density at radius 3 is 2.57 bits per heavy atom. The number of carbonyl (C=O) groups is 2. The Balaban J connectivity index is 1.90. The number of hydrazine groups is 1. The first-order chi connectivity index (χ1) is 10.2. The lowest BCUT2D eigenvalue weighted by molar-refractivity contribution is -0.137. The molecular weight excluding hydrogens is 266 g/mol. The average molecular weight is 291 g/mol. The van der Waals surface area contributed by atoms with Gasteiger partial charge in [0.25, 0.3) is 5.91 Å². The summed E-state index contributed by atoms with van der Waals surface area (Å²) in [5, 5.41) is 2.02. The molecule has 0 aromatic rings. The highest BCUT2D eigenvalue weighted by Crippen LogP contribution is 2.18. The highest BCUT2D eigenvalue weighted by atomic mass is 16.2. The molecular formula is C16H25N3O2. The second-order valence-corrected chi connectivity index (χ2v) is 5.73. The molecule has 2 rings (SSSR count). The van der Waals surface area contributed by atoms with E-state index >= 15 is 0 Å². The molecule has 1 atom stereocenters. The first-order valence-electron chi connectivity index (χ1n) is 7.97. The van der Waals surface area contributed by atoms with Gasteiger partial charge in [-0.05, 0) is 26.2 Å². The lowest BCUT2D eigenvalue weighted by Gasteiger charge is -2.28. The number of likely N-dealkylation sites (tertiary alicyclic amines) is 1. The van der Waals surface area contributed by atoms with Crippen LogP contribution in [0.25, 0.3) is 0 Å². The first-order valence-corrected chi connectivity index (χ1v) is 7.97. The van der Waals surface area contributed by atoms with Gasteiger partial charge in [-0.15, -0.1) is 5.92 Å². The molecule has 1 N–H and O–H groups in total. The number of hydrogen-bond donors (Lipinski definition) is 1. The molecule has 5 heteroatoms. The summed E-state index contributed by atoms with van der Waals surface area (Å²) in [7, 11) is 0. The van der Waals surface area contributed by atoms with Gasteiger partial charge in [0, 0.05) is 19.5 Å². The molecule has 116 valence electrons. The predicted octanol–water partition coefficient (Wildman–Crippen LogP) is 1.30. The molecule has 0 spiro atoms. The third-order valence-electron chi connectivity index (χ3n) is 4.18. The van der Waals surface area contributed by atoms with E-state index in [1.165, 1.54) is 19.3 Å². The maximum Gasteiger partial charge on any atom is 0.257 e. The van der Waals surface area contributed by atoms with E-state index in [2.05, 4.69) is 17.3 Å². The van der Waals surface area contributed by atoms with E-state index in [1.807, 2.05) is 5.01 Å². The van der Waals surface area contributed by atoms with Crippen molar-refractivity contribution in [2.45, 2.75) is 57.9 Å². The summed E-state index contributed by atoms with van der Waals surface area (Å²) >= 11 is 0. The van der Waals surface area contributed by atoms with Crippen LogP contribution in [0.5, 0.6) is 0 Å². The van der Waals surface area contributed by atoms with Crippen LogP contribution in [0.1, 0.15) is 51.9 Å². The Morgan fingerprint density at radius 1 is 1.24 bits per heavy atom. The van der Waals surface area contributed by atoms with Gasteiger partial charge in [0.05, 0.1) is 6.54 Å². The van der Waals surface area contributed by atoms with Crippen LogP contribution < -0.4 is 5.43 Å². The molecule has 0 radical (unpaired) electrons. The fourth-order valence-corrected chi connectivity index (χ4v) is 2.96. The second-order valence-electron chi connectivity index (χ2n) is 5.73. The van der Waals surface area contributed by atoms with Crippen molar-refractivity contribution in [3.63, 3.8) is 0 Å². The molecule has 0 aromatic heterocycles. The minimum Gasteiger partial charge on any atom is -0.319 e. The Labute approximate surface area is 127 Å². The van der Waals surface area contributed by atoms with E-state index in [9.17, 15) is 9.59 Å². The fourth-order valence-electron chi connectivity index (χ4n) is 2.96. The quantitative estimate of drug-likeness (QED) is 0.797. The Bertz CT molecular complexity index is 431. The zero-order valence-electron chi connectivity index (χ0n) is 12.9. The molecule has 2 amide bonds. The number of hydrogen-bond acceptors (Lipinski definition) is 3. The first kappa shape index (κ1) is 15.8. The van der Waals surface area contributed by atoms with Gasteiger partial charge < -0.3 is 4.90 Å². The van der Waals surface area contributed by atoms with Crippen LogP contribution in [0.4, 0.5) is 0 Å². The number of carbonyl (C=O) groups excluding carboxylic acids is 2. The topological polar surface area (TPSA) is 52.7 Å². The molecule has 0 saturated carbocycles. The van der Waals surface area contributed by atoms with Gasteiger partial charge in [-0.2, -0.15) is 0 Å². The Hall–Kier alpha value is -1.54. The predicted molar refractivity (Wildman–Crippen MR) is 81.0 cm³/mol. The van der Waals surface area contributed by atoms with Gasteiger partial charge in [0.1, 0.15) is 6.04 Å². The summed E-state index contributed by atoms with van der Waals surface area (Å²) < 4.78 is 0. The van der Waals surface area contributed by atoms with Crippen molar-refractivity contribution < 1.29 is 9.59 Å². The maximum absolute atomic E-state index is 12.4. The zero-order valence-corrected chi connectivity index (χ0v) is 12.9. The lowest BCUT2D eigenvalue weighted by Crippen LogP contribution is -2.51. The molecule has 2 saturated heterocycles. The largest absolute Gasteiger partial charge is 0.319 e. The molecule has 21 heavy (non-hydrogen) atoms. The third kappa shape index (κ3) is 4.47. The van der Waals surface area contributed by atoms with Gasteiger partial charge in [-0.25, -0.2) is 5.01 Å². The molecule has 0 bridgehead atoms. The number of rotatable bonds is 3. The van der Waals surface area contributed by atoms with Crippen LogP contribution in [-0.4, -0.2) is 47.4 Å². The van der Waals surface area contributed by atoms with Gasteiger partial charge in [-0.3, -0.25) is 15.0 Å². The highest BCUT2D eigenvalue weighted by molar-refractivity contribution is 5.90. The number of nitrogens with zero attached hydrogens (tertiary/aromatic N) is 2. The summed E-state index contributed by atoms with van der Waals surface area (Å²) in [5.74, 6) is 5.65. The van der Waals surface area contributed by atoms with Crippen molar-refractivity contribution in [2.75, 3.05) is 19.6 Å². The summed E-state index contributed by atoms with van der Waals surface area (Å²) in [5.41, 5.74) is 3.01. The third-order valence-corrected chi connectivity index (χ3v) is 4.18. The molecule has 2 heterocycles. The normalized spacial score (nSPS) is 24.0. The van der Waals surface area contributed by atoms with E-state index in [1.54, 1.807) is 11.8 Å². The second kappa shape index (κ2) is 8.04. The van der Waals surface area contributed by atoms with Gasteiger partial charge in [-0.1, -0.05) is 25.2 Å². The van der Waals surface area contributed by atoms with Crippen LogP contribution in [0.15, 0.2) is 0 Å².